The molecule has 4 aromatic rings. The Balaban J connectivity index is 1.33. The van der Waals surface area contributed by atoms with E-state index in [0.29, 0.717) is 80.1 Å². The molecule has 2 aliphatic rings. The number of carbonyl (C=O) groups is 1. The van der Waals surface area contributed by atoms with Gasteiger partial charge in [0.05, 0.1) is 36.4 Å². The second-order valence-corrected chi connectivity index (χ2v) is 9.16. The maximum absolute atomic E-state index is 13.3. The predicted molar refractivity (Wildman–Crippen MR) is 140 cm³/mol. The van der Waals surface area contributed by atoms with Crippen molar-refractivity contribution in [3.05, 3.63) is 54.4 Å². The Labute approximate surface area is 212 Å². The van der Waals surface area contributed by atoms with Crippen LogP contribution in [0.1, 0.15) is 16.9 Å². The number of pyridine rings is 2. The fraction of sp³-hybridized carbons (Fsp3) is 0.308. The average molecular weight is 502 g/mol. The summed E-state index contributed by atoms with van der Waals surface area (Å²) in [4.78, 5) is 30.8. The molecule has 11 heteroatoms. The summed E-state index contributed by atoms with van der Waals surface area (Å²) >= 11 is 0. The minimum atomic E-state index is -0.424. The number of hydrogen-bond acceptors (Lipinski definition) is 10. The molecule has 11 nitrogen and oxygen atoms in total. The van der Waals surface area contributed by atoms with Crippen LogP contribution in [0.15, 0.2) is 53.1 Å². The summed E-state index contributed by atoms with van der Waals surface area (Å²) in [5.41, 5.74) is 9.92. The predicted octanol–water partition coefficient (Wildman–Crippen LogP) is 2.53. The molecular formula is C26H27N7O4. The minimum Gasteiger partial charge on any atom is -0.423 e. The highest BCUT2D eigenvalue weighted by Gasteiger charge is 2.26. The number of fused-ring (bicyclic) bond motifs is 1. The molecule has 1 aromatic carbocycles. The SMILES string of the molecule is Nc1ccc(-c2cccc(C(=O)Nc3cc4oc(N5CCOCC5)nc4cc3N3CCC(O)C3)n2)cn1. The standard InChI is InChI=1S/C26H27N7O4/c27-24-5-4-16(14-28-24)18-2-1-3-19(29-18)25(35)30-20-13-23-21(12-22(20)33-7-6-17(34)15-33)31-26(37-23)32-8-10-36-11-9-32/h1-5,12-14,17,34H,6-11,15H2,(H2,27,28)(H,30,35). The number of benzene rings is 1. The topological polar surface area (TPSA) is 143 Å². The van der Waals surface area contributed by atoms with Crippen LogP contribution in [0.2, 0.25) is 0 Å². The Kier molecular flexibility index (Phi) is 6.07. The lowest BCUT2D eigenvalue weighted by molar-refractivity contribution is 0.102. The van der Waals surface area contributed by atoms with Crippen LogP contribution in [-0.4, -0.2) is 71.5 Å². The third-order valence-corrected chi connectivity index (χ3v) is 6.59. The van der Waals surface area contributed by atoms with E-state index in [0.717, 1.165) is 11.3 Å². The van der Waals surface area contributed by atoms with E-state index in [9.17, 15) is 9.90 Å². The number of aromatic nitrogens is 3. The molecule has 1 amide bonds. The third-order valence-electron chi connectivity index (χ3n) is 6.59. The van der Waals surface area contributed by atoms with Crippen molar-refractivity contribution in [2.75, 3.05) is 60.2 Å². The molecule has 190 valence electrons. The smallest absolute Gasteiger partial charge is 0.298 e. The maximum Gasteiger partial charge on any atom is 0.298 e. The zero-order valence-corrected chi connectivity index (χ0v) is 20.1. The molecule has 0 bridgehead atoms. The molecule has 6 rings (SSSR count). The number of morpholine rings is 1. The number of aliphatic hydroxyl groups is 1. The van der Waals surface area contributed by atoms with Gasteiger partial charge in [-0.05, 0) is 36.8 Å². The number of nitrogens with zero attached hydrogens (tertiary/aromatic N) is 5. The first-order valence-corrected chi connectivity index (χ1v) is 12.2. The number of ether oxygens (including phenoxy) is 1. The highest BCUT2D eigenvalue weighted by molar-refractivity contribution is 6.06. The van der Waals surface area contributed by atoms with Gasteiger partial charge in [0, 0.05) is 44.0 Å². The summed E-state index contributed by atoms with van der Waals surface area (Å²) in [6.45, 7) is 3.78. The Morgan fingerprint density at radius 2 is 1.95 bits per heavy atom. The Bertz CT molecular complexity index is 1430. The first-order chi connectivity index (χ1) is 18.0. The van der Waals surface area contributed by atoms with Crippen molar-refractivity contribution in [1.82, 2.24) is 15.0 Å². The van der Waals surface area contributed by atoms with Gasteiger partial charge in [-0.2, -0.15) is 4.98 Å². The summed E-state index contributed by atoms with van der Waals surface area (Å²) < 4.78 is 11.5. The van der Waals surface area contributed by atoms with Crippen LogP contribution < -0.4 is 20.9 Å². The maximum atomic E-state index is 13.3. The highest BCUT2D eigenvalue weighted by atomic mass is 16.5. The summed E-state index contributed by atoms with van der Waals surface area (Å²) in [5, 5.41) is 13.2. The molecule has 1 unspecified atom stereocenters. The quantitative estimate of drug-likeness (QED) is 0.373. The van der Waals surface area contributed by atoms with E-state index in [1.165, 1.54) is 0 Å². The van der Waals surface area contributed by atoms with Gasteiger partial charge in [0.25, 0.3) is 11.9 Å². The van der Waals surface area contributed by atoms with E-state index >= 15 is 0 Å². The monoisotopic (exact) mass is 501 g/mol. The van der Waals surface area contributed by atoms with Gasteiger partial charge >= 0.3 is 0 Å². The van der Waals surface area contributed by atoms with Gasteiger partial charge in [0.15, 0.2) is 5.58 Å². The molecule has 2 saturated heterocycles. The fourth-order valence-corrected chi connectivity index (χ4v) is 4.63. The Hall–Kier alpha value is -4.22. The number of nitrogen functional groups attached to an aromatic ring is 1. The van der Waals surface area contributed by atoms with Gasteiger partial charge in [-0.3, -0.25) is 4.79 Å². The van der Waals surface area contributed by atoms with E-state index < -0.39 is 6.10 Å². The van der Waals surface area contributed by atoms with Crippen molar-refractivity contribution in [3.63, 3.8) is 0 Å². The van der Waals surface area contributed by atoms with Crippen molar-refractivity contribution in [2.45, 2.75) is 12.5 Å². The lowest BCUT2D eigenvalue weighted by Gasteiger charge is -2.24. The van der Waals surface area contributed by atoms with E-state index in [1.807, 2.05) is 28.0 Å². The molecule has 0 spiro atoms. The molecule has 2 fully saturated rings. The van der Waals surface area contributed by atoms with E-state index in [1.54, 1.807) is 30.5 Å². The van der Waals surface area contributed by atoms with Gasteiger partial charge in [-0.25, -0.2) is 9.97 Å². The zero-order valence-electron chi connectivity index (χ0n) is 20.1. The van der Waals surface area contributed by atoms with Gasteiger partial charge < -0.3 is 35.1 Å². The second kappa shape index (κ2) is 9.68. The molecule has 0 saturated carbocycles. The van der Waals surface area contributed by atoms with Gasteiger partial charge in [0.1, 0.15) is 17.0 Å². The summed E-state index contributed by atoms with van der Waals surface area (Å²) in [6, 6.07) is 13.0. The number of anilines is 4. The molecular weight excluding hydrogens is 474 g/mol. The number of nitrogens with one attached hydrogen (secondary N) is 1. The van der Waals surface area contributed by atoms with Crippen molar-refractivity contribution in [1.29, 1.82) is 0 Å². The van der Waals surface area contributed by atoms with Crippen molar-refractivity contribution >= 4 is 40.2 Å². The van der Waals surface area contributed by atoms with Crippen LogP contribution in [0.5, 0.6) is 0 Å². The Morgan fingerprint density at radius 1 is 1.08 bits per heavy atom. The number of amides is 1. The van der Waals surface area contributed by atoms with Crippen LogP contribution in [-0.2, 0) is 4.74 Å². The Morgan fingerprint density at radius 3 is 2.70 bits per heavy atom. The van der Waals surface area contributed by atoms with Gasteiger partial charge in [0.2, 0.25) is 0 Å². The summed E-state index contributed by atoms with van der Waals surface area (Å²) in [7, 11) is 0. The molecule has 4 N–H and O–H groups in total. The van der Waals surface area contributed by atoms with E-state index in [-0.39, 0.29) is 11.6 Å². The number of hydrogen-bond donors (Lipinski definition) is 3. The largest absolute Gasteiger partial charge is 0.423 e. The first kappa shape index (κ1) is 23.2. The number of rotatable bonds is 5. The van der Waals surface area contributed by atoms with Crippen molar-refractivity contribution < 1.29 is 19.1 Å². The molecule has 37 heavy (non-hydrogen) atoms. The van der Waals surface area contributed by atoms with Crippen LogP contribution in [0, 0.1) is 0 Å². The van der Waals surface area contributed by atoms with Crippen LogP contribution >= 0.6 is 0 Å². The molecule has 2 aliphatic heterocycles. The van der Waals surface area contributed by atoms with E-state index in [2.05, 4.69) is 15.3 Å². The van der Waals surface area contributed by atoms with Gasteiger partial charge in [-0.15, -0.1) is 0 Å². The number of nitrogens with two attached hydrogens (primary N) is 1. The number of aliphatic hydroxyl groups excluding tert-OH is 1. The highest BCUT2D eigenvalue weighted by Crippen LogP contribution is 2.35. The van der Waals surface area contributed by atoms with Crippen molar-refractivity contribution in [3.8, 4) is 11.3 Å². The molecule has 3 aromatic heterocycles. The lowest BCUT2D eigenvalue weighted by atomic mass is 10.1. The molecule has 1 atom stereocenters. The number of oxazole rings is 1. The molecule has 5 heterocycles. The summed E-state index contributed by atoms with van der Waals surface area (Å²) in [5.74, 6) is 0.0512. The number of carbonyl (C=O) groups excluding carboxylic acids is 1. The minimum absolute atomic E-state index is 0.258. The lowest BCUT2D eigenvalue weighted by Crippen LogP contribution is -2.36. The van der Waals surface area contributed by atoms with Crippen LogP contribution in [0.4, 0.5) is 23.2 Å². The van der Waals surface area contributed by atoms with Gasteiger partial charge in [-0.1, -0.05) is 6.07 Å². The van der Waals surface area contributed by atoms with Crippen molar-refractivity contribution in [2.24, 2.45) is 0 Å². The van der Waals surface area contributed by atoms with Crippen LogP contribution in [0.25, 0.3) is 22.4 Å². The van der Waals surface area contributed by atoms with Crippen LogP contribution in [0.3, 0.4) is 0 Å². The first-order valence-electron chi connectivity index (χ1n) is 12.2. The zero-order chi connectivity index (χ0) is 25.4. The average Bonchev–Trinajstić information content (AvgIpc) is 3.55. The number of β-amino-alcohol motifs (C(OH)–C–C–N with tert-alkyl or cyclic N) is 1. The molecule has 0 aliphatic carbocycles. The normalized spacial score (nSPS) is 17.9. The third kappa shape index (κ3) is 4.78. The summed E-state index contributed by atoms with van der Waals surface area (Å²) in [6.07, 6.45) is 1.86. The fourth-order valence-electron chi connectivity index (χ4n) is 4.63. The van der Waals surface area contributed by atoms with E-state index in [4.69, 9.17) is 19.9 Å². The molecule has 0 radical (unpaired) electrons. The second-order valence-electron chi connectivity index (χ2n) is 9.16.